The standard InChI is InChI=1S/C9H17NO.C3H8.2C2H6/c1-3-10-6-9(7-10)4-8(2,11)5-9;1-3-2;2*1-2/h11H,3-7H2,1-2H3;3H2,1-2H3;2*1-2H3. The topological polar surface area (TPSA) is 23.5 Å². The van der Waals surface area contributed by atoms with Crippen molar-refractivity contribution in [1.29, 1.82) is 0 Å². The molecule has 1 saturated carbocycles. The number of nitrogens with zero attached hydrogens (tertiary/aromatic N) is 1. The van der Waals surface area contributed by atoms with Gasteiger partial charge in [-0.05, 0) is 26.3 Å². The van der Waals surface area contributed by atoms with Gasteiger partial charge >= 0.3 is 0 Å². The van der Waals surface area contributed by atoms with Crippen molar-refractivity contribution >= 4 is 0 Å². The van der Waals surface area contributed by atoms with Crippen LogP contribution < -0.4 is 0 Å². The highest BCUT2D eigenvalue weighted by Crippen LogP contribution is 2.53. The van der Waals surface area contributed by atoms with Crippen LogP contribution in [-0.4, -0.2) is 35.2 Å². The molecule has 1 heterocycles. The van der Waals surface area contributed by atoms with Gasteiger partial charge in [0.05, 0.1) is 5.60 Å². The van der Waals surface area contributed by atoms with E-state index in [1.807, 2.05) is 34.6 Å². The molecule has 2 rings (SSSR count). The maximum absolute atomic E-state index is 9.55. The molecule has 0 aromatic heterocycles. The molecule has 1 spiro atoms. The van der Waals surface area contributed by atoms with Crippen LogP contribution in [0.15, 0.2) is 0 Å². The fourth-order valence-corrected chi connectivity index (χ4v) is 2.91. The highest BCUT2D eigenvalue weighted by Gasteiger charge is 2.56. The van der Waals surface area contributed by atoms with Crippen molar-refractivity contribution in [3.05, 3.63) is 0 Å². The van der Waals surface area contributed by atoms with E-state index < -0.39 is 0 Å². The van der Waals surface area contributed by atoms with Gasteiger partial charge in [-0.1, -0.05) is 54.9 Å². The van der Waals surface area contributed by atoms with Crippen LogP contribution in [0.5, 0.6) is 0 Å². The van der Waals surface area contributed by atoms with E-state index in [1.165, 1.54) is 26.1 Å². The first-order valence-corrected chi connectivity index (χ1v) is 7.91. The Kier molecular flexibility index (Phi) is 11.0. The van der Waals surface area contributed by atoms with E-state index in [0.29, 0.717) is 5.41 Å². The van der Waals surface area contributed by atoms with Gasteiger partial charge in [-0.15, -0.1) is 0 Å². The maximum Gasteiger partial charge on any atom is 0.0632 e. The molecule has 2 fully saturated rings. The lowest BCUT2D eigenvalue weighted by Gasteiger charge is -2.61. The van der Waals surface area contributed by atoms with Gasteiger partial charge in [-0.25, -0.2) is 0 Å². The van der Waals surface area contributed by atoms with Crippen LogP contribution in [0.4, 0.5) is 0 Å². The average Bonchev–Trinajstić information content (AvgIpc) is 2.28. The second-order valence-corrected chi connectivity index (χ2v) is 5.36. The van der Waals surface area contributed by atoms with Gasteiger partial charge in [-0.3, -0.25) is 0 Å². The Labute approximate surface area is 116 Å². The lowest BCUT2D eigenvalue weighted by molar-refractivity contribution is -0.179. The monoisotopic (exact) mass is 259 g/mol. The molecule has 0 aromatic rings. The summed E-state index contributed by atoms with van der Waals surface area (Å²) in [4.78, 5) is 2.44. The molecule has 1 saturated heterocycles. The first-order valence-electron chi connectivity index (χ1n) is 7.91. The van der Waals surface area contributed by atoms with Gasteiger partial charge in [0.25, 0.3) is 0 Å². The zero-order valence-corrected chi connectivity index (χ0v) is 14.1. The van der Waals surface area contributed by atoms with Crippen LogP contribution in [-0.2, 0) is 0 Å². The first kappa shape index (κ1) is 20.2. The van der Waals surface area contributed by atoms with Gasteiger partial charge in [0.1, 0.15) is 0 Å². The van der Waals surface area contributed by atoms with Gasteiger partial charge in [0.2, 0.25) is 0 Å². The Hall–Kier alpha value is -0.0800. The molecular formula is C16H37NO. The predicted molar refractivity (Wildman–Crippen MR) is 83.1 cm³/mol. The lowest BCUT2D eigenvalue weighted by atomic mass is 9.56. The normalized spacial score (nSPS) is 21.8. The summed E-state index contributed by atoms with van der Waals surface area (Å²) >= 11 is 0. The van der Waals surface area contributed by atoms with E-state index in [9.17, 15) is 5.11 Å². The predicted octanol–water partition coefficient (Wildman–Crippen LogP) is 4.32. The summed E-state index contributed by atoms with van der Waals surface area (Å²) in [6, 6.07) is 0. The smallest absolute Gasteiger partial charge is 0.0632 e. The molecule has 0 bridgehead atoms. The van der Waals surface area contributed by atoms with Crippen LogP contribution in [0.3, 0.4) is 0 Å². The number of hydrogen-bond donors (Lipinski definition) is 1. The van der Waals surface area contributed by atoms with Crippen LogP contribution in [0.2, 0.25) is 0 Å². The van der Waals surface area contributed by atoms with Crippen molar-refractivity contribution < 1.29 is 5.11 Å². The Morgan fingerprint density at radius 3 is 1.50 bits per heavy atom. The summed E-state index contributed by atoms with van der Waals surface area (Å²) in [5, 5.41) is 9.55. The van der Waals surface area contributed by atoms with Crippen LogP contribution in [0.25, 0.3) is 0 Å². The van der Waals surface area contributed by atoms with Crippen molar-refractivity contribution in [1.82, 2.24) is 4.90 Å². The largest absolute Gasteiger partial charge is 0.390 e. The second kappa shape index (κ2) is 9.80. The van der Waals surface area contributed by atoms with Gasteiger partial charge in [0.15, 0.2) is 0 Å². The molecule has 1 aliphatic heterocycles. The zero-order chi connectivity index (χ0) is 14.8. The van der Waals surface area contributed by atoms with Crippen molar-refractivity contribution in [2.45, 2.75) is 80.3 Å². The van der Waals surface area contributed by atoms with E-state index in [1.54, 1.807) is 0 Å². The van der Waals surface area contributed by atoms with Crippen molar-refractivity contribution in [2.24, 2.45) is 5.41 Å². The van der Waals surface area contributed by atoms with Crippen molar-refractivity contribution in [2.75, 3.05) is 19.6 Å². The van der Waals surface area contributed by atoms with Crippen LogP contribution in [0.1, 0.15) is 74.7 Å². The zero-order valence-electron chi connectivity index (χ0n) is 14.1. The Morgan fingerprint density at radius 2 is 1.28 bits per heavy atom. The molecular weight excluding hydrogens is 222 g/mol. The van der Waals surface area contributed by atoms with Crippen molar-refractivity contribution in [3.63, 3.8) is 0 Å². The highest BCUT2D eigenvalue weighted by molar-refractivity contribution is 5.09. The fourth-order valence-electron chi connectivity index (χ4n) is 2.91. The average molecular weight is 259 g/mol. The molecule has 2 nitrogen and oxygen atoms in total. The minimum atomic E-state index is -0.334. The van der Waals surface area contributed by atoms with Gasteiger partial charge in [-0.2, -0.15) is 0 Å². The van der Waals surface area contributed by atoms with Crippen LogP contribution in [0, 0.1) is 5.41 Å². The molecule has 0 unspecified atom stereocenters. The SMILES string of the molecule is CC.CC.CCC.CCN1CC2(C1)CC(C)(O)C2. The molecule has 0 amide bonds. The summed E-state index contributed by atoms with van der Waals surface area (Å²) in [6.07, 6.45) is 3.30. The van der Waals surface area contributed by atoms with E-state index in [4.69, 9.17) is 0 Å². The van der Waals surface area contributed by atoms with Crippen molar-refractivity contribution in [3.8, 4) is 0 Å². The quantitative estimate of drug-likeness (QED) is 0.758. The number of aliphatic hydroxyl groups is 1. The Morgan fingerprint density at radius 1 is 0.944 bits per heavy atom. The third-order valence-corrected chi connectivity index (χ3v) is 3.08. The Bertz CT molecular complexity index is 174. The molecule has 1 N–H and O–H groups in total. The van der Waals surface area contributed by atoms with Gasteiger partial charge in [0, 0.05) is 18.5 Å². The van der Waals surface area contributed by atoms with Gasteiger partial charge < -0.3 is 10.0 Å². The molecule has 0 radical (unpaired) electrons. The summed E-state index contributed by atoms with van der Waals surface area (Å²) in [5.74, 6) is 0. The molecule has 2 aliphatic rings. The van der Waals surface area contributed by atoms with E-state index in [-0.39, 0.29) is 5.60 Å². The molecule has 1 aliphatic carbocycles. The summed E-state index contributed by atoms with van der Waals surface area (Å²) < 4.78 is 0. The van der Waals surface area contributed by atoms with E-state index in [0.717, 1.165) is 12.8 Å². The molecule has 2 heteroatoms. The fraction of sp³-hybridized carbons (Fsp3) is 1.00. The minimum Gasteiger partial charge on any atom is -0.390 e. The molecule has 112 valence electrons. The van der Waals surface area contributed by atoms with E-state index >= 15 is 0 Å². The number of rotatable bonds is 1. The molecule has 0 atom stereocenters. The number of hydrogen-bond acceptors (Lipinski definition) is 2. The number of likely N-dealkylation sites (tertiary alicyclic amines) is 1. The third-order valence-electron chi connectivity index (χ3n) is 3.08. The maximum atomic E-state index is 9.55. The third kappa shape index (κ3) is 6.19. The van der Waals surface area contributed by atoms with E-state index in [2.05, 4.69) is 25.7 Å². The molecule has 0 aromatic carbocycles. The summed E-state index contributed by atoms with van der Waals surface area (Å²) in [6.45, 7) is 20.0. The molecule has 18 heavy (non-hydrogen) atoms. The first-order chi connectivity index (χ1) is 8.47. The second-order valence-electron chi connectivity index (χ2n) is 5.36. The summed E-state index contributed by atoms with van der Waals surface area (Å²) in [7, 11) is 0. The minimum absolute atomic E-state index is 0.334. The lowest BCUT2D eigenvalue weighted by Crippen LogP contribution is -2.66. The summed E-state index contributed by atoms with van der Waals surface area (Å²) in [5.41, 5.74) is 0.194. The van der Waals surface area contributed by atoms with Crippen LogP contribution >= 0.6 is 0 Å². The Balaban J connectivity index is 0. The highest BCUT2D eigenvalue weighted by atomic mass is 16.3.